The molecule has 100 valence electrons. The molecule has 0 radical (unpaired) electrons. The van der Waals surface area contributed by atoms with E-state index < -0.39 is 0 Å². The maximum atomic E-state index is 4.50. The van der Waals surface area contributed by atoms with E-state index in [2.05, 4.69) is 34.3 Å². The van der Waals surface area contributed by atoms with Crippen LogP contribution in [-0.2, 0) is 0 Å². The zero-order valence-electron chi connectivity index (χ0n) is 11.6. The van der Waals surface area contributed by atoms with E-state index in [9.17, 15) is 0 Å². The number of hydrogen-bond acceptors (Lipinski definition) is 4. The number of aromatic nitrogens is 2. The van der Waals surface area contributed by atoms with E-state index in [4.69, 9.17) is 0 Å². The van der Waals surface area contributed by atoms with Crippen LogP contribution in [0.3, 0.4) is 0 Å². The number of hydrogen-bond donors (Lipinski definition) is 1. The molecule has 0 aliphatic rings. The van der Waals surface area contributed by atoms with Gasteiger partial charge in [-0.05, 0) is 38.5 Å². The maximum absolute atomic E-state index is 4.50. The largest absolute Gasteiger partial charge is 0.384 e. The number of aryl methyl sites for hydroxylation is 2. The molecule has 2 rings (SSSR count). The van der Waals surface area contributed by atoms with Gasteiger partial charge in [0.1, 0.15) is 0 Å². The van der Waals surface area contributed by atoms with E-state index in [0.29, 0.717) is 0 Å². The van der Waals surface area contributed by atoms with Gasteiger partial charge in [-0.25, -0.2) is 9.97 Å². The highest BCUT2D eigenvalue weighted by Gasteiger charge is 2.04. The number of para-hydroxylation sites is 1. The number of nitrogens with zero attached hydrogens (tertiary/aromatic N) is 2. The van der Waals surface area contributed by atoms with Crippen LogP contribution in [0, 0.1) is 20.8 Å². The van der Waals surface area contributed by atoms with Gasteiger partial charge in [-0.1, -0.05) is 30.0 Å². The summed E-state index contributed by atoms with van der Waals surface area (Å²) in [5, 5.41) is 4.25. The monoisotopic (exact) mass is 273 g/mol. The van der Waals surface area contributed by atoms with Crippen LogP contribution < -0.4 is 5.32 Å². The van der Waals surface area contributed by atoms with Crippen LogP contribution in [0.25, 0.3) is 0 Å². The van der Waals surface area contributed by atoms with Gasteiger partial charge >= 0.3 is 0 Å². The van der Waals surface area contributed by atoms with Crippen molar-refractivity contribution in [1.29, 1.82) is 0 Å². The van der Waals surface area contributed by atoms with Crippen molar-refractivity contribution in [3.63, 3.8) is 0 Å². The summed E-state index contributed by atoms with van der Waals surface area (Å²) >= 11 is 1.69. The minimum absolute atomic E-state index is 0.871. The molecule has 3 nitrogen and oxygen atoms in total. The Morgan fingerprint density at radius 2 is 1.63 bits per heavy atom. The molecule has 0 aliphatic carbocycles. The second-order valence-corrected chi connectivity index (χ2v) is 5.51. The molecule has 0 fully saturated rings. The molecule has 1 aromatic heterocycles. The normalized spacial score (nSPS) is 10.5. The van der Waals surface area contributed by atoms with Crippen LogP contribution >= 0.6 is 11.8 Å². The summed E-state index contributed by atoms with van der Waals surface area (Å²) in [6.07, 6.45) is 0. The van der Waals surface area contributed by atoms with Crippen LogP contribution in [0.15, 0.2) is 35.5 Å². The van der Waals surface area contributed by atoms with Crippen LogP contribution in [0.2, 0.25) is 0 Å². The van der Waals surface area contributed by atoms with E-state index in [1.54, 1.807) is 11.8 Å². The lowest BCUT2D eigenvalue weighted by atomic mass is 10.2. The van der Waals surface area contributed by atoms with Crippen LogP contribution in [0.5, 0.6) is 0 Å². The predicted octanol–water partition coefficient (Wildman–Crippen LogP) is 3.61. The summed E-state index contributed by atoms with van der Waals surface area (Å²) in [5.41, 5.74) is 4.49. The molecule has 0 amide bonds. The van der Waals surface area contributed by atoms with Crippen molar-refractivity contribution >= 4 is 17.4 Å². The van der Waals surface area contributed by atoms with Crippen molar-refractivity contribution in [1.82, 2.24) is 9.97 Å². The molecule has 1 aromatic carbocycles. The van der Waals surface area contributed by atoms with E-state index in [1.807, 2.05) is 32.0 Å². The smallest absolute Gasteiger partial charge is 0.188 e. The van der Waals surface area contributed by atoms with Gasteiger partial charge in [-0.15, -0.1) is 0 Å². The average Bonchev–Trinajstić information content (AvgIpc) is 2.42. The van der Waals surface area contributed by atoms with Gasteiger partial charge < -0.3 is 5.32 Å². The zero-order chi connectivity index (χ0) is 13.7. The molecule has 0 unspecified atom stereocenters. The van der Waals surface area contributed by atoms with E-state index in [1.165, 1.54) is 5.56 Å². The summed E-state index contributed by atoms with van der Waals surface area (Å²) in [6.45, 7) is 7.05. The lowest BCUT2D eigenvalue weighted by Crippen LogP contribution is -2.05. The van der Waals surface area contributed by atoms with Crippen molar-refractivity contribution in [2.24, 2.45) is 0 Å². The first-order chi connectivity index (χ1) is 9.16. The van der Waals surface area contributed by atoms with Crippen molar-refractivity contribution in [2.45, 2.75) is 25.9 Å². The van der Waals surface area contributed by atoms with Crippen LogP contribution in [0.1, 0.15) is 17.0 Å². The molecular weight excluding hydrogens is 254 g/mol. The Hall–Kier alpha value is -1.55. The summed E-state index contributed by atoms with van der Waals surface area (Å²) in [7, 11) is 0. The van der Waals surface area contributed by atoms with Gasteiger partial charge in [0.05, 0.1) is 0 Å². The van der Waals surface area contributed by atoms with E-state index in [-0.39, 0.29) is 0 Å². The molecule has 1 heterocycles. The molecular formula is C15H19N3S. The lowest BCUT2D eigenvalue weighted by molar-refractivity contribution is 0.880. The van der Waals surface area contributed by atoms with Gasteiger partial charge in [0.15, 0.2) is 5.16 Å². The van der Waals surface area contributed by atoms with Crippen molar-refractivity contribution < 1.29 is 0 Å². The fraction of sp³-hybridized carbons (Fsp3) is 0.333. The molecule has 0 spiro atoms. The summed E-state index contributed by atoms with van der Waals surface area (Å²) in [5.74, 6) is 0.955. The Bertz CT molecular complexity index is 517. The summed E-state index contributed by atoms with van der Waals surface area (Å²) in [6, 6.07) is 10.2. The molecule has 19 heavy (non-hydrogen) atoms. The SMILES string of the molecule is Cc1nc(SCCNc2ccccc2)nc(C)c1C. The quantitative estimate of drug-likeness (QED) is 0.513. The Morgan fingerprint density at radius 3 is 2.26 bits per heavy atom. The standard InChI is InChI=1S/C15H19N3S/c1-11-12(2)17-15(18-13(11)3)19-10-9-16-14-7-5-4-6-8-14/h4-8,16H,9-10H2,1-3H3. The Kier molecular flexibility index (Phi) is 4.80. The number of nitrogens with one attached hydrogen (secondary N) is 1. The molecule has 0 bridgehead atoms. The summed E-state index contributed by atoms with van der Waals surface area (Å²) in [4.78, 5) is 9.00. The molecule has 0 saturated heterocycles. The number of thioether (sulfide) groups is 1. The fourth-order valence-corrected chi connectivity index (χ4v) is 2.49. The summed E-state index contributed by atoms with van der Waals surface area (Å²) < 4.78 is 0. The van der Waals surface area contributed by atoms with Gasteiger partial charge in [0.2, 0.25) is 0 Å². The Labute approximate surface area is 118 Å². The Balaban J connectivity index is 1.83. The first kappa shape index (κ1) is 13.9. The lowest BCUT2D eigenvalue weighted by Gasteiger charge is -2.08. The highest BCUT2D eigenvalue weighted by Crippen LogP contribution is 2.17. The molecule has 0 atom stereocenters. The van der Waals surface area contributed by atoms with E-state index in [0.717, 1.165) is 34.5 Å². The van der Waals surface area contributed by atoms with E-state index >= 15 is 0 Å². The second-order valence-electron chi connectivity index (χ2n) is 4.44. The van der Waals surface area contributed by atoms with Gasteiger partial charge in [-0.2, -0.15) is 0 Å². The van der Waals surface area contributed by atoms with Gasteiger partial charge in [0, 0.05) is 29.4 Å². The number of rotatable bonds is 5. The van der Waals surface area contributed by atoms with Gasteiger partial charge in [0.25, 0.3) is 0 Å². The molecule has 1 N–H and O–H groups in total. The first-order valence-corrected chi connectivity index (χ1v) is 7.39. The van der Waals surface area contributed by atoms with Crippen molar-refractivity contribution in [3.8, 4) is 0 Å². The predicted molar refractivity (Wildman–Crippen MR) is 81.9 cm³/mol. The minimum Gasteiger partial charge on any atom is -0.384 e. The third-order valence-corrected chi connectivity index (χ3v) is 3.90. The third-order valence-electron chi connectivity index (χ3n) is 3.05. The molecule has 4 heteroatoms. The first-order valence-electron chi connectivity index (χ1n) is 6.40. The Morgan fingerprint density at radius 1 is 1.00 bits per heavy atom. The second kappa shape index (κ2) is 6.57. The molecule has 0 saturated carbocycles. The minimum atomic E-state index is 0.871. The molecule has 2 aromatic rings. The van der Waals surface area contributed by atoms with Gasteiger partial charge in [-0.3, -0.25) is 0 Å². The fourth-order valence-electron chi connectivity index (χ4n) is 1.70. The van der Waals surface area contributed by atoms with Crippen LogP contribution in [-0.4, -0.2) is 22.3 Å². The highest BCUT2D eigenvalue weighted by molar-refractivity contribution is 7.99. The number of anilines is 1. The van der Waals surface area contributed by atoms with Crippen LogP contribution in [0.4, 0.5) is 5.69 Å². The number of benzene rings is 1. The van der Waals surface area contributed by atoms with Crippen molar-refractivity contribution in [3.05, 3.63) is 47.3 Å². The maximum Gasteiger partial charge on any atom is 0.188 e. The van der Waals surface area contributed by atoms with Crippen molar-refractivity contribution in [2.75, 3.05) is 17.6 Å². The third kappa shape index (κ3) is 3.96. The topological polar surface area (TPSA) is 37.8 Å². The zero-order valence-corrected chi connectivity index (χ0v) is 12.4. The molecule has 0 aliphatic heterocycles. The average molecular weight is 273 g/mol. The highest BCUT2D eigenvalue weighted by atomic mass is 32.2.